The van der Waals surface area contributed by atoms with Gasteiger partial charge in [0.1, 0.15) is 5.82 Å². The van der Waals surface area contributed by atoms with Crippen LogP contribution >= 0.6 is 15.9 Å². The SMILES string of the molecule is Cc1nc2ccccc2c(=O)n1CC(O)CBr. The first-order valence-corrected chi connectivity index (χ1v) is 6.46. The number of aromatic nitrogens is 2. The van der Waals surface area contributed by atoms with Gasteiger partial charge < -0.3 is 5.11 Å². The van der Waals surface area contributed by atoms with Crippen molar-refractivity contribution in [3.05, 3.63) is 40.4 Å². The summed E-state index contributed by atoms with van der Waals surface area (Å²) in [4.78, 5) is 16.6. The quantitative estimate of drug-likeness (QED) is 0.873. The zero-order valence-corrected chi connectivity index (χ0v) is 11.0. The van der Waals surface area contributed by atoms with Crippen molar-refractivity contribution < 1.29 is 5.11 Å². The van der Waals surface area contributed by atoms with Crippen molar-refractivity contribution in [2.75, 3.05) is 5.33 Å². The Morgan fingerprint density at radius 3 is 2.88 bits per heavy atom. The van der Waals surface area contributed by atoms with Crippen LogP contribution in [0.4, 0.5) is 0 Å². The molecule has 1 atom stereocenters. The molecule has 0 aliphatic rings. The summed E-state index contributed by atoms with van der Waals surface area (Å²) >= 11 is 3.19. The highest BCUT2D eigenvalue weighted by molar-refractivity contribution is 9.09. The van der Waals surface area contributed by atoms with Gasteiger partial charge in [-0.25, -0.2) is 4.98 Å². The number of aliphatic hydroxyl groups excluding tert-OH is 1. The molecule has 1 unspecified atom stereocenters. The summed E-state index contributed by atoms with van der Waals surface area (Å²) in [5.74, 6) is 0.619. The van der Waals surface area contributed by atoms with Gasteiger partial charge in [-0.05, 0) is 19.1 Å². The molecule has 0 aliphatic heterocycles. The highest BCUT2D eigenvalue weighted by atomic mass is 79.9. The van der Waals surface area contributed by atoms with Gasteiger partial charge in [-0.2, -0.15) is 0 Å². The van der Waals surface area contributed by atoms with E-state index in [0.717, 1.165) is 0 Å². The molecule has 0 bridgehead atoms. The number of rotatable bonds is 3. The number of nitrogens with zero attached hydrogens (tertiary/aromatic N) is 2. The lowest BCUT2D eigenvalue weighted by Gasteiger charge is -2.13. The van der Waals surface area contributed by atoms with Crippen LogP contribution in [0.15, 0.2) is 29.1 Å². The van der Waals surface area contributed by atoms with Crippen molar-refractivity contribution in [3.8, 4) is 0 Å². The molecule has 5 heteroatoms. The fourth-order valence-corrected chi connectivity index (χ4v) is 1.96. The zero-order valence-electron chi connectivity index (χ0n) is 9.43. The first-order chi connectivity index (χ1) is 8.13. The summed E-state index contributed by atoms with van der Waals surface area (Å²) in [6.07, 6.45) is -0.589. The molecule has 90 valence electrons. The lowest BCUT2D eigenvalue weighted by atomic mass is 10.2. The van der Waals surface area contributed by atoms with E-state index in [1.165, 1.54) is 4.57 Å². The number of aliphatic hydroxyl groups is 1. The number of hydrogen-bond donors (Lipinski definition) is 1. The monoisotopic (exact) mass is 296 g/mol. The maximum atomic E-state index is 12.2. The fourth-order valence-electron chi connectivity index (χ4n) is 1.75. The molecular weight excluding hydrogens is 284 g/mol. The van der Waals surface area contributed by atoms with E-state index in [4.69, 9.17) is 0 Å². The van der Waals surface area contributed by atoms with Gasteiger partial charge in [0, 0.05) is 5.33 Å². The molecule has 0 fully saturated rings. The molecule has 1 aromatic carbocycles. The molecule has 0 spiro atoms. The predicted octanol–water partition coefficient (Wildman–Crippen LogP) is 1.46. The van der Waals surface area contributed by atoms with Gasteiger partial charge in [0.2, 0.25) is 0 Å². The largest absolute Gasteiger partial charge is 0.390 e. The Bertz CT molecular complexity index is 595. The number of fused-ring (bicyclic) bond motifs is 1. The van der Waals surface area contributed by atoms with E-state index in [2.05, 4.69) is 20.9 Å². The van der Waals surface area contributed by atoms with Crippen molar-refractivity contribution in [1.82, 2.24) is 9.55 Å². The van der Waals surface area contributed by atoms with Gasteiger partial charge in [-0.15, -0.1) is 0 Å². The van der Waals surface area contributed by atoms with E-state index in [0.29, 0.717) is 22.1 Å². The van der Waals surface area contributed by atoms with Crippen molar-refractivity contribution in [3.63, 3.8) is 0 Å². The van der Waals surface area contributed by atoms with Gasteiger partial charge in [0.25, 0.3) is 5.56 Å². The van der Waals surface area contributed by atoms with Crippen LogP contribution in [0, 0.1) is 6.92 Å². The third kappa shape index (κ3) is 2.40. The first-order valence-electron chi connectivity index (χ1n) is 5.33. The number of para-hydroxylation sites is 1. The Morgan fingerprint density at radius 1 is 1.47 bits per heavy atom. The lowest BCUT2D eigenvalue weighted by molar-refractivity contribution is 0.176. The van der Waals surface area contributed by atoms with Crippen LogP contribution in [0.25, 0.3) is 10.9 Å². The summed E-state index contributed by atoms with van der Waals surface area (Å²) in [6, 6.07) is 7.23. The number of hydrogen-bond acceptors (Lipinski definition) is 3. The van der Waals surface area contributed by atoms with Crippen LogP contribution in [0.1, 0.15) is 5.82 Å². The summed E-state index contributed by atoms with van der Waals surface area (Å²) in [7, 11) is 0. The summed E-state index contributed by atoms with van der Waals surface area (Å²) < 4.78 is 1.51. The number of aryl methyl sites for hydroxylation is 1. The molecule has 0 saturated carbocycles. The van der Waals surface area contributed by atoms with E-state index in [1.54, 1.807) is 13.0 Å². The average molecular weight is 297 g/mol. The topological polar surface area (TPSA) is 55.1 Å². The third-order valence-corrected chi connectivity index (χ3v) is 3.37. The molecule has 17 heavy (non-hydrogen) atoms. The van der Waals surface area contributed by atoms with E-state index < -0.39 is 6.10 Å². The molecule has 1 heterocycles. The number of benzene rings is 1. The van der Waals surface area contributed by atoms with E-state index in [1.807, 2.05) is 18.2 Å². The molecule has 0 aliphatic carbocycles. The van der Waals surface area contributed by atoms with E-state index in [-0.39, 0.29) is 12.1 Å². The second-order valence-corrected chi connectivity index (χ2v) is 4.55. The molecule has 0 saturated heterocycles. The van der Waals surface area contributed by atoms with Gasteiger partial charge in [0.05, 0.1) is 23.6 Å². The molecule has 1 N–H and O–H groups in total. The Kier molecular flexibility index (Phi) is 3.59. The summed E-state index contributed by atoms with van der Waals surface area (Å²) in [5.41, 5.74) is 0.590. The Labute approximate surface area is 107 Å². The molecule has 0 amide bonds. The minimum Gasteiger partial charge on any atom is -0.390 e. The van der Waals surface area contributed by atoms with Crippen LogP contribution in [0.3, 0.4) is 0 Å². The second kappa shape index (κ2) is 4.98. The Balaban J connectivity index is 2.60. The highest BCUT2D eigenvalue weighted by Crippen LogP contribution is 2.08. The van der Waals surface area contributed by atoms with Crippen molar-refractivity contribution in [2.24, 2.45) is 0 Å². The third-order valence-electron chi connectivity index (χ3n) is 2.62. The summed E-state index contributed by atoms with van der Waals surface area (Å²) in [5, 5.41) is 10.6. The Hall–Kier alpha value is -1.20. The van der Waals surface area contributed by atoms with Gasteiger partial charge in [-0.3, -0.25) is 9.36 Å². The molecule has 2 rings (SSSR count). The standard InChI is InChI=1S/C12H13BrN2O2/c1-8-14-11-5-3-2-4-10(11)12(17)15(8)7-9(16)6-13/h2-5,9,16H,6-7H2,1H3. The number of alkyl halides is 1. The van der Waals surface area contributed by atoms with E-state index in [9.17, 15) is 9.90 Å². The van der Waals surface area contributed by atoms with Crippen LogP contribution in [0.2, 0.25) is 0 Å². The number of halogens is 1. The fraction of sp³-hybridized carbons (Fsp3) is 0.333. The van der Waals surface area contributed by atoms with Crippen LogP contribution in [-0.2, 0) is 6.54 Å². The minimum absolute atomic E-state index is 0.104. The van der Waals surface area contributed by atoms with Crippen LogP contribution in [-0.4, -0.2) is 26.1 Å². The molecule has 1 aromatic heterocycles. The van der Waals surface area contributed by atoms with Crippen LogP contribution in [0.5, 0.6) is 0 Å². The summed E-state index contributed by atoms with van der Waals surface area (Å²) in [6.45, 7) is 2.03. The highest BCUT2D eigenvalue weighted by Gasteiger charge is 2.10. The van der Waals surface area contributed by atoms with Crippen LogP contribution < -0.4 is 5.56 Å². The molecular formula is C12H13BrN2O2. The normalized spacial score (nSPS) is 12.9. The molecule has 0 radical (unpaired) electrons. The smallest absolute Gasteiger partial charge is 0.261 e. The van der Waals surface area contributed by atoms with Crippen molar-refractivity contribution in [1.29, 1.82) is 0 Å². The maximum Gasteiger partial charge on any atom is 0.261 e. The van der Waals surface area contributed by atoms with Gasteiger partial charge in [-0.1, -0.05) is 28.1 Å². The second-order valence-electron chi connectivity index (χ2n) is 3.90. The zero-order chi connectivity index (χ0) is 12.4. The van der Waals surface area contributed by atoms with Crippen molar-refractivity contribution in [2.45, 2.75) is 19.6 Å². The maximum absolute atomic E-state index is 12.2. The first kappa shape index (κ1) is 12.3. The molecule has 2 aromatic rings. The van der Waals surface area contributed by atoms with Gasteiger partial charge >= 0.3 is 0 Å². The van der Waals surface area contributed by atoms with Crippen molar-refractivity contribution >= 4 is 26.8 Å². The molecule has 4 nitrogen and oxygen atoms in total. The van der Waals surface area contributed by atoms with Gasteiger partial charge in [0.15, 0.2) is 0 Å². The Morgan fingerprint density at radius 2 is 2.18 bits per heavy atom. The van der Waals surface area contributed by atoms with E-state index >= 15 is 0 Å². The predicted molar refractivity (Wildman–Crippen MR) is 70.5 cm³/mol. The average Bonchev–Trinajstić information content (AvgIpc) is 2.34. The lowest BCUT2D eigenvalue weighted by Crippen LogP contribution is -2.30. The minimum atomic E-state index is -0.589.